The van der Waals surface area contributed by atoms with E-state index in [2.05, 4.69) is 0 Å². The molecule has 0 aromatic heterocycles. The molecule has 9 heteroatoms. The van der Waals surface area contributed by atoms with Crippen LogP contribution in [-0.4, -0.2) is 30.4 Å². The topological polar surface area (TPSA) is 94.5 Å². The Morgan fingerprint density at radius 2 is 1.41 bits per heavy atom. The van der Waals surface area contributed by atoms with Gasteiger partial charge in [0.2, 0.25) is 0 Å². The number of hydrogen-bond acceptors (Lipinski definition) is 7. The number of methoxy groups -OCH3 is 2. The molecule has 0 saturated carbocycles. The van der Waals surface area contributed by atoms with E-state index in [1.165, 1.54) is 26.4 Å². The van der Waals surface area contributed by atoms with Crippen molar-refractivity contribution in [3.05, 3.63) is 68.2 Å². The van der Waals surface area contributed by atoms with E-state index in [-0.39, 0.29) is 50.5 Å². The van der Waals surface area contributed by atoms with Gasteiger partial charge in [-0.1, -0.05) is 49.2 Å². The lowest BCUT2D eigenvalue weighted by Gasteiger charge is -2.37. The SMILES string of the molecule is COc1cc2c(c(Cl)c1O)Oc1c(cc(OC)c(O)c1Cl)C21OC(=O)c2cc(C(C)C)ccc21. The second kappa shape index (κ2) is 7.61. The van der Waals surface area contributed by atoms with Gasteiger partial charge in [0.1, 0.15) is 10.0 Å². The molecule has 0 aliphatic carbocycles. The van der Waals surface area contributed by atoms with Gasteiger partial charge < -0.3 is 29.2 Å². The lowest BCUT2D eigenvalue weighted by Crippen LogP contribution is -2.33. The first-order valence-corrected chi connectivity index (χ1v) is 11.2. The van der Waals surface area contributed by atoms with E-state index in [4.69, 9.17) is 42.1 Å². The molecule has 176 valence electrons. The normalized spacial score (nSPS) is 14.9. The van der Waals surface area contributed by atoms with Gasteiger partial charge in [-0.3, -0.25) is 0 Å². The molecule has 2 aliphatic rings. The van der Waals surface area contributed by atoms with Crippen LogP contribution in [0.5, 0.6) is 34.5 Å². The molecule has 0 fully saturated rings. The van der Waals surface area contributed by atoms with E-state index in [1.54, 1.807) is 6.07 Å². The maximum absolute atomic E-state index is 13.3. The molecule has 7 nitrogen and oxygen atoms in total. The van der Waals surface area contributed by atoms with Crippen molar-refractivity contribution < 1.29 is 34.0 Å². The molecule has 2 N–H and O–H groups in total. The maximum Gasteiger partial charge on any atom is 0.340 e. The van der Waals surface area contributed by atoms with E-state index < -0.39 is 11.6 Å². The average Bonchev–Trinajstić information content (AvgIpc) is 3.11. The third kappa shape index (κ3) is 2.80. The predicted molar refractivity (Wildman–Crippen MR) is 125 cm³/mol. The zero-order chi connectivity index (χ0) is 24.5. The number of esters is 1. The molecule has 0 saturated heterocycles. The minimum absolute atomic E-state index is 0.0209. The fourth-order valence-corrected chi connectivity index (χ4v) is 4.99. The number of rotatable bonds is 3. The van der Waals surface area contributed by atoms with Crippen LogP contribution in [0.2, 0.25) is 10.0 Å². The number of fused-ring (bicyclic) bond motifs is 6. The standard InChI is InChI=1S/C25H20Cl2O7/c1-10(2)11-5-6-13-12(7-11)24(30)34-25(13)14-8-16(31-3)20(28)18(26)22(14)33-23-15(25)9-17(32-4)21(29)19(23)27/h5-10,28-29H,1-4H3. The van der Waals surface area contributed by atoms with Crippen molar-refractivity contribution in [1.82, 2.24) is 0 Å². The highest BCUT2D eigenvalue weighted by atomic mass is 35.5. The van der Waals surface area contributed by atoms with Crippen LogP contribution in [0.3, 0.4) is 0 Å². The Balaban J connectivity index is 1.94. The number of carbonyl (C=O) groups is 1. The summed E-state index contributed by atoms with van der Waals surface area (Å²) in [6.45, 7) is 4.05. The fraction of sp³-hybridized carbons (Fsp3) is 0.240. The van der Waals surface area contributed by atoms with Gasteiger partial charge in [-0.05, 0) is 29.7 Å². The zero-order valence-corrected chi connectivity index (χ0v) is 20.2. The number of hydrogen-bond donors (Lipinski definition) is 2. The first-order chi connectivity index (χ1) is 16.1. The van der Waals surface area contributed by atoms with Crippen molar-refractivity contribution in [2.75, 3.05) is 14.2 Å². The molecule has 0 atom stereocenters. The summed E-state index contributed by atoms with van der Waals surface area (Å²) in [5.41, 5.74) is 0.959. The van der Waals surface area contributed by atoms with E-state index >= 15 is 0 Å². The Labute approximate surface area is 205 Å². The molecule has 34 heavy (non-hydrogen) atoms. The van der Waals surface area contributed by atoms with E-state index in [0.29, 0.717) is 22.3 Å². The summed E-state index contributed by atoms with van der Waals surface area (Å²) in [7, 11) is 2.76. The summed E-state index contributed by atoms with van der Waals surface area (Å²) in [5.74, 6) is -0.902. The van der Waals surface area contributed by atoms with Gasteiger partial charge in [-0.15, -0.1) is 0 Å². The van der Waals surface area contributed by atoms with Crippen molar-refractivity contribution in [2.24, 2.45) is 0 Å². The molecule has 0 radical (unpaired) electrons. The number of halogens is 2. The molecule has 3 aromatic rings. The van der Waals surface area contributed by atoms with Crippen LogP contribution < -0.4 is 14.2 Å². The third-order valence-corrected chi connectivity index (χ3v) is 6.98. The summed E-state index contributed by atoms with van der Waals surface area (Å²) in [6.07, 6.45) is 0. The van der Waals surface area contributed by atoms with Gasteiger partial charge in [0, 0.05) is 5.56 Å². The van der Waals surface area contributed by atoms with E-state index in [1.807, 2.05) is 26.0 Å². The molecule has 0 amide bonds. The summed E-state index contributed by atoms with van der Waals surface area (Å²) in [4.78, 5) is 13.3. The summed E-state index contributed by atoms with van der Waals surface area (Å²) in [6, 6.07) is 8.54. The van der Waals surface area contributed by atoms with Crippen molar-refractivity contribution >= 4 is 29.2 Å². The molecule has 2 aliphatic heterocycles. The Bertz CT molecular complexity index is 1320. The van der Waals surface area contributed by atoms with Gasteiger partial charge in [-0.25, -0.2) is 4.79 Å². The molecule has 3 aromatic carbocycles. The van der Waals surface area contributed by atoms with E-state index in [9.17, 15) is 15.0 Å². The average molecular weight is 503 g/mol. The van der Waals surface area contributed by atoms with Crippen LogP contribution in [0.25, 0.3) is 0 Å². The van der Waals surface area contributed by atoms with E-state index in [0.717, 1.165) is 5.56 Å². The van der Waals surface area contributed by atoms with Crippen molar-refractivity contribution in [2.45, 2.75) is 25.4 Å². The second-order valence-electron chi connectivity index (χ2n) is 8.37. The molecular weight excluding hydrogens is 483 g/mol. The molecule has 0 unspecified atom stereocenters. The smallest absolute Gasteiger partial charge is 0.340 e. The summed E-state index contributed by atoms with van der Waals surface area (Å²) >= 11 is 13.0. The quantitative estimate of drug-likeness (QED) is 0.417. The van der Waals surface area contributed by atoms with Crippen LogP contribution in [-0.2, 0) is 10.3 Å². The lowest BCUT2D eigenvalue weighted by atomic mass is 9.76. The second-order valence-corrected chi connectivity index (χ2v) is 9.12. The molecular formula is C25H20Cl2O7. The van der Waals surface area contributed by atoms with Crippen LogP contribution >= 0.6 is 23.2 Å². The largest absolute Gasteiger partial charge is 0.503 e. The van der Waals surface area contributed by atoms with Crippen LogP contribution in [0, 0.1) is 0 Å². The lowest BCUT2D eigenvalue weighted by molar-refractivity contribution is 0.0222. The molecule has 1 spiro atoms. The first kappa shape index (κ1) is 22.5. The maximum atomic E-state index is 13.3. The number of ether oxygens (including phenoxy) is 4. The monoisotopic (exact) mass is 502 g/mol. The number of benzene rings is 3. The predicted octanol–water partition coefficient (Wildman–Crippen LogP) is 6.11. The van der Waals surface area contributed by atoms with Gasteiger partial charge in [0.15, 0.2) is 40.1 Å². The molecule has 2 heterocycles. The number of aromatic hydroxyl groups is 2. The highest BCUT2D eigenvalue weighted by molar-refractivity contribution is 6.35. The molecule has 0 bridgehead atoms. The summed E-state index contributed by atoms with van der Waals surface area (Å²) < 4.78 is 22.8. The summed E-state index contributed by atoms with van der Waals surface area (Å²) in [5, 5.41) is 20.8. The van der Waals surface area contributed by atoms with Crippen LogP contribution in [0.4, 0.5) is 0 Å². The first-order valence-electron chi connectivity index (χ1n) is 10.4. The Morgan fingerprint density at radius 3 is 1.88 bits per heavy atom. The minimum Gasteiger partial charge on any atom is -0.503 e. The van der Waals surface area contributed by atoms with Crippen LogP contribution in [0.15, 0.2) is 30.3 Å². The molecule has 5 rings (SSSR count). The van der Waals surface area contributed by atoms with Gasteiger partial charge in [-0.2, -0.15) is 0 Å². The number of phenols is 2. The van der Waals surface area contributed by atoms with Gasteiger partial charge in [0.05, 0.1) is 30.9 Å². The fourth-order valence-electron chi connectivity index (χ4n) is 4.52. The van der Waals surface area contributed by atoms with Crippen LogP contribution in [0.1, 0.15) is 52.4 Å². The third-order valence-electron chi connectivity index (χ3n) is 6.28. The number of phenolic OH excluding ortho intramolecular Hbond substituents is 2. The Morgan fingerprint density at radius 1 is 0.882 bits per heavy atom. The van der Waals surface area contributed by atoms with Gasteiger partial charge >= 0.3 is 5.97 Å². The van der Waals surface area contributed by atoms with Gasteiger partial charge in [0.25, 0.3) is 0 Å². The van der Waals surface area contributed by atoms with Crippen molar-refractivity contribution in [3.63, 3.8) is 0 Å². The zero-order valence-electron chi connectivity index (χ0n) is 18.7. The number of carbonyl (C=O) groups excluding carboxylic acids is 1. The Hall–Kier alpha value is -3.29. The highest BCUT2D eigenvalue weighted by Gasteiger charge is 2.55. The Kier molecular flexibility index (Phi) is 5.04. The van der Waals surface area contributed by atoms with Crippen molar-refractivity contribution in [3.8, 4) is 34.5 Å². The minimum atomic E-state index is -1.56. The van der Waals surface area contributed by atoms with Crippen molar-refractivity contribution in [1.29, 1.82) is 0 Å². The highest BCUT2D eigenvalue weighted by Crippen LogP contribution is 2.63.